The summed E-state index contributed by atoms with van der Waals surface area (Å²) in [5, 5.41) is 2.83. The number of carbonyl (C=O) groups is 1. The van der Waals surface area contributed by atoms with Gasteiger partial charge in [-0.25, -0.2) is 0 Å². The second kappa shape index (κ2) is 5.10. The van der Waals surface area contributed by atoms with E-state index in [0.717, 1.165) is 10.0 Å². The van der Waals surface area contributed by atoms with Crippen molar-refractivity contribution in [1.82, 2.24) is 10.3 Å². The summed E-state index contributed by atoms with van der Waals surface area (Å²) < 4.78 is 0.925. The van der Waals surface area contributed by atoms with Gasteiger partial charge in [0.05, 0.1) is 0 Å². The van der Waals surface area contributed by atoms with Crippen LogP contribution in [-0.2, 0) is 11.3 Å². The molecule has 0 aliphatic heterocycles. The van der Waals surface area contributed by atoms with Gasteiger partial charge < -0.3 is 5.32 Å². The topological polar surface area (TPSA) is 42.0 Å². The molecule has 0 radical (unpaired) electrons. The number of amides is 1. The van der Waals surface area contributed by atoms with Crippen LogP contribution in [0, 0.1) is 5.92 Å². The fourth-order valence-corrected chi connectivity index (χ4v) is 1.36. The highest BCUT2D eigenvalue weighted by Gasteiger charge is 2.05. The van der Waals surface area contributed by atoms with Gasteiger partial charge in [-0.2, -0.15) is 0 Å². The Morgan fingerprint density at radius 2 is 2.29 bits per heavy atom. The van der Waals surface area contributed by atoms with Crippen LogP contribution in [0.1, 0.15) is 19.4 Å². The normalized spacial score (nSPS) is 10.3. The third-order valence-electron chi connectivity index (χ3n) is 1.75. The van der Waals surface area contributed by atoms with Crippen LogP contribution in [0.3, 0.4) is 0 Å². The predicted octanol–water partition coefficient (Wildman–Crippen LogP) is 2.12. The van der Waals surface area contributed by atoms with Gasteiger partial charge in [-0.05, 0) is 27.6 Å². The van der Waals surface area contributed by atoms with Crippen molar-refractivity contribution in [3.05, 3.63) is 28.5 Å². The Kier molecular flexibility index (Phi) is 4.07. The van der Waals surface area contributed by atoms with Crippen molar-refractivity contribution >= 4 is 21.8 Å². The number of halogens is 1. The number of hydrogen-bond acceptors (Lipinski definition) is 2. The van der Waals surface area contributed by atoms with Crippen molar-refractivity contribution in [3.8, 4) is 0 Å². The first-order valence-corrected chi connectivity index (χ1v) is 5.26. The van der Waals surface area contributed by atoms with E-state index in [0.29, 0.717) is 6.54 Å². The van der Waals surface area contributed by atoms with Crippen LogP contribution in [0.25, 0.3) is 0 Å². The van der Waals surface area contributed by atoms with E-state index in [2.05, 4.69) is 26.2 Å². The van der Waals surface area contributed by atoms with Gasteiger partial charge >= 0.3 is 0 Å². The second-order valence-electron chi connectivity index (χ2n) is 3.38. The van der Waals surface area contributed by atoms with Crippen LogP contribution in [-0.4, -0.2) is 10.9 Å². The number of hydrogen-bond donors (Lipinski definition) is 1. The molecule has 0 saturated carbocycles. The molecule has 0 fully saturated rings. The van der Waals surface area contributed by atoms with E-state index in [9.17, 15) is 4.79 Å². The van der Waals surface area contributed by atoms with E-state index in [-0.39, 0.29) is 11.8 Å². The highest BCUT2D eigenvalue weighted by atomic mass is 79.9. The smallest absolute Gasteiger partial charge is 0.222 e. The van der Waals surface area contributed by atoms with E-state index in [1.165, 1.54) is 0 Å². The van der Waals surface area contributed by atoms with Crippen molar-refractivity contribution in [2.75, 3.05) is 0 Å². The molecule has 0 spiro atoms. The molecular formula is C10H13BrN2O. The van der Waals surface area contributed by atoms with Crippen molar-refractivity contribution < 1.29 is 4.79 Å². The molecule has 76 valence electrons. The summed E-state index contributed by atoms with van der Waals surface area (Å²) in [7, 11) is 0. The minimum Gasteiger partial charge on any atom is -0.352 e. The number of carbonyl (C=O) groups excluding carboxylic acids is 1. The first-order valence-electron chi connectivity index (χ1n) is 4.46. The number of nitrogens with zero attached hydrogens (tertiary/aromatic N) is 1. The van der Waals surface area contributed by atoms with Crippen molar-refractivity contribution in [1.29, 1.82) is 0 Å². The Morgan fingerprint density at radius 1 is 1.57 bits per heavy atom. The Labute approximate surface area is 92.1 Å². The van der Waals surface area contributed by atoms with Crippen molar-refractivity contribution in [2.45, 2.75) is 20.4 Å². The molecule has 14 heavy (non-hydrogen) atoms. The highest BCUT2D eigenvalue weighted by Crippen LogP contribution is 2.09. The lowest BCUT2D eigenvalue weighted by Gasteiger charge is -2.07. The average molecular weight is 257 g/mol. The van der Waals surface area contributed by atoms with E-state index < -0.39 is 0 Å². The lowest BCUT2D eigenvalue weighted by molar-refractivity contribution is -0.124. The lowest BCUT2D eigenvalue weighted by atomic mass is 10.2. The van der Waals surface area contributed by atoms with Gasteiger partial charge in [0.2, 0.25) is 5.91 Å². The fourth-order valence-electron chi connectivity index (χ4n) is 0.946. The molecule has 0 unspecified atom stereocenters. The monoisotopic (exact) mass is 256 g/mol. The van der Waals surface area contributed by atoms with Gasteiger partial charge in [-0.1, -0.05) is 13.8 Å². The van der Waals surface area contributed by atoms with Gasteiger partial charge in [-0.3, -0.25) is 9.78 Å². The molecule has 1 N–H and O–H groups in total. The molecule has 4 heteroatoms. The average Bonchev–Trinajstić information content (AvgIpc) is 2.14. The quantitative estimate of drug-likeness (QED) is 0.901. The molecule has 1 aromatic heterocycles. The van der Waals surface area contributed by atoms with Crippen LogP contribution < -0.4 is 5.32 Å². The highest BCUT2D eigenvalue weighted by molar-refractivity contribution is 9.10. The third kappa shape index (κ3) is 3.46. The second-order valence-corrected chi connectivity index (χ2v) is 4.30. The van der Waals surface area contributed by atoms with E-state index in [4.69, 9.17) is 0 Å². The molecule has 1 heterocycles. The van der Waals surface area contributed by atoms with Gasteiger partial charge in [0, 0.05) is 29.3 Å². The van der Waals surface area contributed by atoms with Crippen molar-refractivity contribution in [3.63, 3.8) is 0 Å². The standard InChI is InChI=1S/C10H13BrN2O/c1-7(2)10(14)13-5-8-3-9(11)6-12-4-8/h3-4,6-7H,5H2,1-2H3,(H,13,14). The van der Waals surface area contributed by atoms with Crippen LogP contribution in [0.2, 0.25) is 0 Å². The Balaban J connectivity index is 2.50. The van der Waals surface area contributed by atoms with E-state index in [1.54, 1.807) is 12.4 Å². The van der Waals surface area contributed by atoms with Crippen molar-refractivity contribution in [2.24, 2.45) is 5.92 Å². The maximum Gasteiger partial charge on any atom is 0.222 e. The molecule has 0 bridgehead atoms. The molecule has 0 atom stereocenters. The van der Waals surface area contributed by atoms with Crippen LogP contribution >= 0.6 is 15.9 Å². The van der Waals surface area contributed by atoms with E-state index >= 15 is 0 Å². The molecule has 0 aromatic carbocycles. The predicted molar refractivity (Wildman–Crippen MR) is 58.6 cm³/mol. The molecule has 1 amide bonds. The van der Waals surface area contributed by atoms with Gasteiger partial charge in [0.15, 0.2) is 0 Å². The Hall–Kier alpha value is -0.900. The minimum absolute atomic E-state index is 0.0233. The first-order chi connectivity index (χ1) is 6.59. The van der Waals surface area contributed by atoms with Crippen LogP contribution in [0.4, 0.5) is 0 Å². The maximum atomic E-state index is 11.3. The SMILES string of the molecule is CC(C)C(=O)NCc1cncc(Br)c1. The zero-order chi connectivity index (χ0) is 10.6. The zero-order valence-electron chi connectivity index (χ0n) is 8.25. The maximum absolute atomic E-state index is 11.3. The van der Waals surface area contributed by atoms with Gasteiger partial charge in [0.25, 0.3) is 0 Å². The molecule has 3 nitrogen and oxygen atoms in total. The number of aromatic nitrogens is 1. The molecular weight excluding hydrogens is 244 g/mol. The summed E-state index contributed by atoms with van der Waals surface area (Å²) >= 11 is 3.32. The third-order valence-corrected chi connectivity index (χ3v) is 2.19. The summed E-state index contributed by atoms with van der Waals surface area (Å²) in [6.45, 7) is 4.27. The molecule has 1 rings (SSSR count). The summed E-state index contributed by atoms with van der Waals surface area (Å²) in [5.74, 6) is 0.0834. The van der Waals surface area contributed by atoms with Crippen LogP contribution in [0.15, 0.2) is 22.9 Å². The van der Waals surface area contributed by atoms with Gasteiger partial charge in [-0.15, -0.1) is 0 Å². The lowest BCUT2D eigenvalue weighted by Crippen LogP contribution is -2.27. The summed E-state index contributed by atoms with van der Waals surface area (Å²) in [6, 6.07) is 1.94. The zero-order valence-corrected chi connectivity index (χ0v) is 9.84. The Morgan fingerprint density at radius 3 is 2.86 bits per heavy atom. The minimum atomic E-state index is 0.0233. The fraction of sp³-hybridized carbons (Fsp3) is 0.400. The van der Waals surface area contributed by atoms with Crippen LogP contribution in [0.5, 0.6) is 0 Å². The van der Waals surface area contributed by atoms with Gasteiger partial charge in [0.1, 0.15) is 0 Å². The number of pyridine rings is 1. The first kappa shape index (κ1) is 11.2. The summed E-state index contributed by atoms with van der Waals surface area (Å²) in [4.78, 5) is 15.3. The molecule has 1 aromatic rings. The Bertz CT molecular complexity index is 326. The molecule has 0 saturated heterocycles. The summed E-state index contributed by atoms with van der Waals surface area (Å²) in [6.07, 6.45) is 3.46. The molecule has 0 aliphatic rings. The van der Waals surface area contributed by atoms with E-state index in [1.807, 2.05) is 19.9 Å². The summed E-state index contributed by atoms with van der Waals surface area (Å²) in [5.41, 5.74) is 0.994. The largest absolute Gasteiger partial charge is 0.352 e. The number of rotatable bonds is 3. The molecule has 0 aliphatic carbocycles. The number of nitrogens with one attached hydrogen (secondary N) is 1.